The summed E-state index contributed by atoms with van der Waals surface area (Å²) in [6.07, 6.45) is 6.41. The van der Waals surface area contributed by atoms with Gasteiger partial charge in [0.2, 0.25) is 0 Å². The number of aryl methyl sites for hydroxylation is 2. The van der Waals surface area contributed by atoms with Crippen LogP contribution in [0, 0.1) is 5.82 Å². The molecule has 0 heterocycles. The highest BCUT2D eigenvalue weighted by Gasteiger charge is 2.28. The van der Waals surface area contributed by atoms with Crippen molar-refractivity contribution >= 4 is 0 Å². The molecule has 0 bridgehead atoms. The number of aliphatic hydroxyl groups is 1. The predicted molar refractivity (Wildman–Crippen MR) is 100 cm³/mol. The third-order valence-electron chi connectivity index (χ3n) is 5.34. The second kappa shape index (κ2) is 8.59. The Morgan fingerprint density at radius 2 is 1.56 bits per heavy atom. The van der Waals surface area contributed by atoms with Crippen molar-refractivity contribution in [3.63, 3.8) is 0 Å². The minimum absolute atomic E-state index is 0.185. The Morgan fingerprint density at radius 3 is 2.20 bits per heavy atom. The van der Waals surface area contributed by atoms with Crippen LogP contribution in [0.5, 0.6) is 0 Å². The van der Waals surface area contributed by atoms with Crippen LogP contribution in [0.1, 0.15) is 42.4 Å². The Hall–Kier alpha value is -1.71. The Morgan fingerprint density at radius 1 is 0.920 bits per heavy atom. The van der Waals surface area contributed by atoms with E-state index in [1.165, 1.54) is 23.3 Å². The molecule has 0 atom stereocenters. The van der Waals surface area contributed by atoms with E-state index in [0.717, 1.165) is 63.6 Å². The van der Waals surface area contributed by atoms with E-state index in [0.29, 0.717) is 0 Å². The molecule has 2 N–H and O–H groups in total. The van der Waals surface area contributed by atoms with Crippen molar-refractivity contribution in [3.8, 4) is 0 Å². The first-order chi connectivity index (χ1) is 12.1. The molecule has 0 unspecified atom stereocenters. The number of halogens is 1. The lowest BCUT2D eigenvalue weighted by Gasteiger charge is -2.26. The second-order valence-electron chi connectivity index (χ2n) is 7.22. The molecule has 1 aliphatic rings. The van der Waals surface area contributed by atoms with Crippen LogP contribution in [0.2, 0.25) is 0 Å². The number of nitrogens with one attached hydrogen (secondary N) is 1. The second-order valence-corrected chi connectivity index (χ2v) is 7.22. The van der Waals surface area contributed by atoms with Gasteiger partial charge in [-0.3, -0.25) is 0 Å². The average molecular weight is 341 g/mol. The summed E-state index contributed by atoms with van der Waals surface area (Å²) in [6.45, 7) is 1.80. The van der Waals surface area contributed by atoms with Crippen molar-refractivity contribution < 1.29 is 9.50 Å². The molecule has 0 saturated carbocycles. The maximum atomic E-state index is 12.9. The zero-order chi connectivity index (χ0) is 17.5. The highest BCUT2D eigenvalue weighted by molar-refractivity contribution is 5.29. The molecule has 2 aromatic rings. The van der Waals surface area contributed by atoms with E-state index >= 15 is 0 Å². The zero-order valence-electron chi connectivity index (χ0n) is 14.8. The van der Waals surface area contributed by atoms with E-state index < -0.39 is 5.60 Å². The SMILES string of the molecule is OC1(CCCNCCc2ccc(F)cc2)CCc2ccccc2CC1. The van der Waals surface area contributed by atoms with Crippen molar-refractivity contribution in [1.82, 2.24) is 5.32 Å². The number of hydrogen-bond donors (Lipinski definition) is 2. The molecule has 0 spiro atoms. The molecule has 0 fully saturated rings. The third kappa shape index (κ3) is 5.38. The number of fused-ring (bicyclic) bond motifs is 1. The topological polar surface area (TPSA) is 32.3 Å². The lowest BCUT2D eigenvalue weighted by Crippen LogP contribution is -2.30. The summed E-state index contributed by atoms with van der Waals surface area (Å²) in [5.74, 6) is -0.185. The molecule has 3 rings (SSSR count). The fraction of sp³-hybridized carbons (Fsp3) is 0.455. The van der Waals surface area contributed by atoms with Crippen molar-refractivity contribution in [1.29, 1.82) is 0 Å². The van der Waals surface area contributed by atoms with Crippen LogP contribution in [0.15, 0.2) is 48.5 Å². The quantitative estimate of drug-likeness (QED) is 0.588. The van der Waals surface area contributed by atoms with E-state index in [9.17, 15) is 9.50 Å². The Kier molecular flexibility index (Phi) is 6.22. The molecule has 0 aromatic heterocycles. The van der Waals surface area contributed by atoms with Crippen LogP contribution in [0.25, 0.3) is 0 Å². The smallest absolute Gasteiger partial charge is 0.123 e. The normalized spacial score (nSPS) is 16.2. The Balaban J connectivity index is 1.35. The largest absolute Gasteiger partial charge is 0.390 e. The molecule has 0 radical (unpaired) electrons. The summed E-state index contributed by atoms with van der Waals surface area (Å²) in [5.41, 5.74) is 3.42. The van der Waals surface area contributed by atoms with Crippen LogP contribution in [0.3, 0.4) is 0 Å². The van der Waals surface area contributed by atoms with Crippen LogP contribution in [-0.2, 0) is 19.3 Å². The fourth-order valence-electron chi connectivity index (χ4n) is 3.71. The van der Waals surface area contributed by atoms with Gasteiger partial charge < -0.3 is 10.4 Å². The Bertz CT molecular complexity index is 641. The molecule has 2 nitrogen and oxygen atoms in total. The maximum Gasteiger partial charge on any atom is 0.123 e. The van der Waals surface area contributed by atoms with E-state index in [1.807, 2.05) is 12.1 Å². The third-order valence-corrected chi connectivity index (χ3v) is 5.34. The molecule has 3 heteroatoms. The molecular weight excluding hydrogens is 313 g/mol. The summed E-state index contributed by atoms with van der Waals surface area (Å²) in [7, 11) is 0. The predicted octanol–water partition coefficient (Wildman–Crippen LogP) is 4.05. The molecule has 134 valence electrons. The van der Waals surface area contributed by atoms with Gasteiger partial charge in [0.15, 0.2) is 0 Å². The van der Waals surface area contributed by atoms with Gasteiger partial charge in [-0.2, -0.15) is 0 Å². The van der Waals surface area contributed by atoms with E-state index in [2.05, 4.69) is 29.6 Å². The average Bonchev–Trinajstić information content (AvgIpc) is 2.80. The highest BCUT2D eigenvalue weighted by atomic mass is 19.1. The number of rotatable bonds is 7. The van der Waals surface area contributed by atoms with Gasteiger partial charge in [0.25, 0.3) is 0 Å². The molecular formula is C22H28FNO. The molecule has 25 heavy (non-hydrogen) atoms. The van der Waals surface area contributed by atoms with Crippen LogP contribution >= 0.6 is 0 Å². The van der Waals surface area contributed by atoms with Crippen molar-refractivity contribution in [2.24, 2.45) is 0 Å². The van der Waals surface area contributed by atoms with E-state index in [-0.39, 0.29) is 5.82 Å². The summed E-state index contributed by atoms with van der Waals surface area (Å²) >= 11 is 0. The molecule has 0 aliphatic heterocycles. The van der Waals surface area contributed by atoms with Crippen molar-refractivity contribution in [2.45, 2.75) is 50.5 Å². The summed E-state index contributed by atoms with van der Waals surface area (Å²) in [6, 6.07) is 15.3. The monoisotopic (exact) mass is 341 g/mol. The number of hydrogen-bond acceptors (Lipinski definition) is 2. The van der Waals surface area contributed by atoms with Gasteiger partial charge in [-0.15, -0.1) is 0 Å². The van der Waals surface area contributed by atoms with E-state index in [1.54, 1.807) is 0 Å². The van der Waals surface area contributed by atoms with Gasteiger partial charge in [0.1, 0.15) is 5.82 Å². The zero-order valence-corrected chi connectivity index (χ0v) is 14.8. The minimum Gasteiger partial charge on any atom is -0.390 e. The van der Waals surface area contributed by atoms with Gasteiger partial charge in [-0.1, -0.05) is 36.4 Å². The van der Waals surface area contributed by atoms with Crippen molar-refractivity contribution in [2.75, 3.05) is 13.1 Å². The summed E-state index contributed by atoms with van der Waals surface area (Å²) < 4.78 is 12.9. The first-order valence-electron chi connectivity index (χ1n) is 9.39. The van der Waals surface area contributed by atoms with Gasteiger partial charge in [-0.25, -0.2) is 4.39 Å². The standard InChI is InChI=1S/C22H28FNO/c23-21-8-6-18(7-9-21)12-17-24-16-3-13-22(25)14-10-19-4-1-2-5-20(19)11-15-22/h1-2,4-9,24-25H,3,10-17H2. The van der Waals surface area contributed by atoms with Gasteiger partial charge >= 0.3 is 0 Å². The number of benzene rings is 2. The minimum atomic E-state index is -0.530. The summed E-state index contributed by atoms with van der Waals surface area (Å²) in [5, 5.41) is 14.4. The van der Waals surface area contributed by atoms with Crippen LogP contribution in [0.4, 0.5) is 4.39 Å². The lowest BCUT2D eigenvalue weighted by atomic mass is 9.89. The van der Waals surface area contributed by atoms with E-state index in [4.69, 9.17) is 0 Å². The van der Waals surface area contributed by atoms with Crippen LogP contribution < -0.4 is 5.32 Å². The van der Waals surface area contributed by atoms with Gasteiger partial charge in [-0.05, 0) is 86.9 Å². The summed E-state index contributed by atoms with van der Waals surface area (Å²) in [4.78, 5) is 0. The molecule has 0 amide bonds. The Labute approximate surface area is 150 Å². The highest BCUT2D eigenvalue weighted by Crippen LogP contribution is 2.30. The fourth-order valence-corrected chi connectivity index (χ4v) is 3.71. The molecule has 2 aromatic carbocycles. The maximum absolute atomic E-state index is 12.9. The first-order valence-corrected chi connectivity index (χ1v) is 9.39. The first kappa shape index (κ1) is 18.1. The molecule has 1 aliphatic carbocycles. The molecule has 0 saturated heterocycles. The van der Waals surface area contributed by atoms with Gasteiger partial charge in [0.05, 0.1) is 5.60 Å². The van der Waals surface area contributed by atoms with Crippen molar-refractivity contribution in [3.05, 3.63) is 71.0 Å². The van der Waals surface area contributed by atoms with Crippen LogP contribution in [-0.4, -0.2) is 23.8 Å². The lowest BCUT2D eigenvalue weighted by molar-refractivity contribution is 0.0155. The van der Waals surface area contributed by atoms with Gasteiger partial charge in [0, 0.05) is 0 Å².